The number of anilines is 1. The average molecular weight is 444 g/mol. The van der Waals surface area contributed by atoms with Crippen LogP contribution < -0.4 is 5.32 Å². The van der Waals surface area contributed by atoms with Gasteiger partial charge in [0, 0.05) is 57.3 Å². The average Bonchev–Trinajstić information content (AvgIpc) is 2.87. The van der Waals surface area contributed by atoms with Crippen LogP contribution in [0, 0.1) is 0 Å². The number of nitrogens with one attached hydrogen (secondary N) is 1. The third-order valence-electron chi connectivity index (χ3n) is 5.95. The summed E-state index contributed by atoms with van der Waals surface area (Å²) in [6, 6.07) is 14.9. The van der Waals surface area contributed by atoms with E-state index in [0.717, 1.165) is 23.1 Å². The number of carbonyl (C=O) groups excluding carboxylic acids is 2. The quantitative estimate of drug-likeness (QED) is 0.605. The summed E-state index contributed by atoms with van der Waals surface area (Å²) in [5.41, 5.74) is 3.60. The summed E-state index contributed by atoms with van der Waals surface area (Å²) in [7, 11) is 1.77. The van der Waals surface area contributed by atoms with Crippen molar-refractivity contribution in [3.05, 3.63) is 78.2 Å². The fourth-order valence-corrected chi connectivity index (χ4v) is 4.27. The molecule has 33 heavy (non-hydrogen) atoms. The first-order chi connectivity index (χ1) is 16.1. The molecule has 170 valence electrons. The van der Waals surface area contributed by atoms with Gasteiger partial charge in [-0.15, -0.1) is 0 Å². The second-order valence-electron chi connectivity index (χ2n) is 8.17. The van der Waals surface area contributed by atoms with Gasteiger partial charge < -0.3 is 15.1 Å². The molecule has 1 aliphatic rings. The van der Waals surface area contributed by atoms with Gasteiger partial charge in [0.1, 0.15) is 11.9 Å². The van der Waals surface area contributed by atoms with Gasteiger partial charge in [-0.3, -0.25) is 14.6 Å². The zero-order valence-electron chi connectivity index (χ0n) is 19.1. The van der Waals surface area contributed by atoms with Crippen LogP contribution in [0.1, 0.15) is 29.3 Å². The molecule has 1 aliphatic heterocycles. The lowest BCUT2D eigenvalue weighted by atomic mass is 9.97. The van der Waals surface area contributed by atoms with Crippen molar-refractivity contribution in [3.63, 3.8) is 0 Å². The molecule has 0 saturated carbocycles. The van der Waals surface area contributed by atoms with Crippen molar-refractivity contribution in [2.45, 2.75) is 25.8 Å². The third-order valence-corrected chi connectivity index (χ3v) is 5.95. The molecule has 1 N–H and O–H groups in total. The number of hydrogen-bond donors (Lipinski definition) is 1. The molecule has 1 aromatic carbocycles. The van der Waals surface area contributed by atoms with Crippen LogP contribution in [-0.2, 0) is 11.2 Å². The summed E-state index contributed by atoms with van der Waals surface area (Å²) in [5.74, 6) is 0.482. The van der Waals surface area contributed by atoms with Crippen LogP contribution >= 0.6 is 0 Å². The standard InChI is InChI=1S/C26H29N5O2/c1-3-12-30-13-14-31(25(32)21-9-11-29-24(17-21)27-2)23(26(30)33)16-19-6-4-7-20(15-19)22-8-5-10-28-18-22/h4-11,15,17-18,23H,3,12-14,16H2,1-2H3,(H,27,29). The topological polar surface area (TPSA) is 78.4 Å². The van der Waals surface area contributed by atoms with Crippen LogP contribution in [0.5, 0.6) is 0 Å². The number of piperazine rings is 1. The predicted molar refractivity (Wildman–Crippen MR) is 129 cm³/mol. The largest absolute Gasteiger partial charge is 0.373 e. The lowest BCUT2D eigenvalue weighted by molar-refractivity contribution is -0.140. The Morgan fingerprint density at radius 2 is 1.94 bits per heavy atom. The van der Waals surface area contributed by atoms with E-state index < -0.39 is 6.04 Å². The number of carbonyl (C=O) groups is 2. The molecule has 0 spiro atoms. The molecule has 0 radical (unpaired) electrons. The molecule has 2 aromatic heterocycles. The van der Waals surface area contributed by atoms with Crippen LogP contribution in [0.25, 0.3) is 11.1 Å². The van der Waals surface area contributed by atoms with Gasteiger partial charge in [0.2, 0.25) is 5.91 Å². The Balaban J connectivity index is 1.63. The summed E-state index contributed by atoms with van der Waals surface area (Å²) in [5, 5.41) is 2.97. The van der Waals surface area contributed by atoms with Gasteiger partial charge in [0.05, 0.1) is 0 Å². The van der Waals surface area contributed by atoms with E-state index in [2.05, 4.69) is 28.3 Å². The molecule has 3 heterocycles. The van der Waals surface area contributed by atoms with Gasteiger partial charge in [0.15, 0.2) is 0 Å². The van der Waals surface area contributed by atoms with Crippen molar-refractivity contribution in [2.75, 3.05) is 32.0 Å². The molecule has 4 rings (SSSR count). The zero-order valence-corrected chi connectivity index (χ0v) is 19.1. The summed E-state index contributed by atoms with van der Waals surface area (Å²) in [6.07, 6.45) is 6.53. The van der Waals surface area contributed by atoms with Gasteiger partial charge in [-0.05, 0) is 41.3 Å². The molecule has 1 fully saturated rings. The van der Waals surface area contributed by atoms with E-state index in [1.807, 2.05) is 41.4 Å². The second kappa shape index (κ2) is 10.3. The number of hydrogen-bond acceptors (Lipinski definition) is 5. The number of rotatable bonds is 7. The summed E-state index contributed by atoms with van der Waals surface area (Å²) >= 11 is 0. The highest BCUT2D eigenvalue weighted by Crippen LogP contribution is 2.24. The predicted octanol–water partition coefficient (Wildman–Crippen LogP) is 3.49. The van der Waals surface area contributed by atoms with E-state index in [0.29, 0.717) is 37.4 Å². The van der Waals surface area contributed by atoms with E-state index >= 15 is 0 Å². The lowest BCUT2D eigenvalue weighted by Crippen LogP contribution is -2.59. The van der Waals surface area contributed by atoms with E-state index in [1.165, 1.54) is 0 Å². The Kier molecular flexibility index (Phi) is 6.98. The maximum absolute atomic E-state index is 13.5. The number of benzene rings is 1. The lowest BCUT2D eigenvalue weighted by Gasteiger charge is -2.41. The summed E-state index contributed by atoms with van der Waals surface area (Å²) < 4.78 is 0. The minimum absolute atomic E-state index is 0.00567. The fraction of sp³-hybridized carbons (Fsp3) is 0.308. The van der Waals surface area contributed by atoms with Gasteiger partial charge >= 0.3 is 0 Å². The molecule has 1 atom stereocenters. The van der Waals surface area contributed by atoms with E-state index in [-0.39, 0.29) is 11.8 Å². The molecule has 1 saturated heterocycles. The molecular weight excluding hydrogens is 414 g/mol. The highest BCUT2D eigenvalue weighted by atomic mass is 16.2. The molecule has 0 bridgehead atoms. The smallest absolute Gasteiger partial charge is 0.254 e. The Hall–Kier alpha value is -3.74. The van der Waals surface area contributed by atoms with Gasteiger partial charge in [0.25, 0.3) is 5.91 Å². The summed E-state index contributed by atoms with van der Waals surface area (Å²) in [6.45, 7) is 3.82. The molecule has 3 aromatic rings. The van der Waals surface area contributed by atoms with Crippen LogP contribution in [0.3, 0.4) is 0 Å². The van der Waals surface area contributed by atoms with Crippen molar-refractivity contribution in [2.24, 2.45) is 0 Å². The Morgan fingerprint density at radius 3 is 2.70 bits per heavy atom. The summed E-state index contributed by atoms with van der Waals surface area (Å²) in [4.78, 5) is 38.9. The van der Waals surface area contributed by atoms with Crippen molar-refractivity contribution >= 4 is 17.6 Å². The number of aromatic nitrogens is 2. The molecular formula is C26H29N5O2. The zero-order chi connectivity index (χ0) is 23.2. The first kappa shape index (κ1) is 22.5. The van der Waals surface area contributed by atoms with Crippen molar-refractivity contribution in [3.8, 4) is 11.1 Å². The van der Waals surface area contributed by atoms with E-state index in [1.54, 1.807) is 36.5 Å². The SMILES string of the molecule is CCCN1CCN(C(=O)c2ccnc(NC)c2)C(Cc2cccc(-c3cccnc3)c2)C1=O. The number of amides is 2. The van der Waals surface area contributed by atoms with Gasteiger partial charge in [-0.25, -0.2) is 4.98 Å². The van der Waals surface area contributed by atoms with Crippen molar-refractivity contribution < 1.29 is 9.59 Å². The molecule has 2 amide bonds. The Morgan fingerprint density at radius 1 is 1.09 bits per heavy atom. The molecule has 7 heteroatoms. The van der Waals surface area contributed by atoms with Crippen molar-refractivity contribution in [1.82, 2.24) is 19.8 Å². The van der Waals surface area contributed by atoms with Crippen LogP contribution in [-0.4, -0.2) is 64.3 Å². The first-order valence-electron chi connectivity index (χ1n) is 11.3. The first-order valence-corrected chi connectivity index (χ1v) is 11.3. The monoisotopic (exact) mass is 443 g/mol. The fourth-order valence-electron chi connectivity index (χ4n) is 4.27. The van der Waals surface area contributed by atoms with Gasteiger partial charge in [-0.2, -0.15) is 0 Å². The highest BCUT2D eigenvalue weighted by Gasteiger charge is 2.37. The molecule has 7 nitrogen and oxygen atoms in total. The minimum atomic E-state index is -0.548. The van der Waals surface area contributed by atoms with Crippen LogP contribution in [0.4, 0.5) is 5.82 Å². The van der Waals surface area contributed by atoms with Crippen LogP contribution in [0.15, 0.2) is 67.1 Å². The molecule has 0 aliphatic carbocycles. The van der Waals surface area contributed by atoms with E-state index in [9.17, 15) is 9.59 Å². The van der Waals surface area contributed by atoms with Gasteiger partial charge in [-0.1, -0.05) is 37.3 Å². The third kappa shape index (κ3) is 5.03. The van der Waals surface area contributed by atoms with E-state index in [4.69, 9.17) is 0 Å². The minimum Gasteiger partial charge on any atom is -0.373 e. The maximum Gasteiger partial charge on any atom is 0.254 e. The molecule has 1 unspecified atom stereocenters. The number of nitrogens with zero attached hydrogens (tertiary/aromatic N) is 4. The highest BCUT2D eigenvalue weighted by molar-refractivity contribution is 5.98. The second-order valence-corrected chi connectivity index (χ2v) is 8.17. The normalized spacial score (nSPS) is 16.1. The number of pyridine rings is 2. The van der Waals surface area contributed by atoms with Crippen molar-refractivity contribution in [1.29, 1.82) is 0 Å². The Bertz CT molecular complexity index is 1120. The van der Waals surface area contributed by atoms with Crippen LogP contribution in [0.2, 0.25) is 0 Å². The Labute approximate surface area is 194 Å². The maximum atomic E-state index is 13.5.